The molecule has 0 rings (SSSR count). The van der Waals surface area contributed by atoms with E-state index in [4.69, 9.17) is 9.84 Å². The van der Waals surface area contributed by atoms with Crippen molar-refractivity contribution in [1.82, 2.24) is 0 Å². The first-order valence-electron chi connectivity index (χ1n) is 18.9. The third-order valence-electron chi connectivity index (χ3n) is 7.94. The Balaban J connectivity index is 4.05. The summed E-state index contributed by atoms with van der Waals surface area (Å²) < 4.78 is 5.94. The van der Waals surface area contributed by atoms with E-state index in [9.17, 15) is 9.59 Å². The Morgan fingerprint density at radius 2 is 0.913 bits per heavy atom. The highest BCUT2D eigenvalue weighted by molar-refractivity contribution is 5.69. The monoisotopic (exact) mass is 639 g/mol. The molecule has 262 valence electrons. The smallest absolute Gasteiger partial charge is 0.306 e. The van der Waals surface area contributed by atoms with Gasteiger partial charge in [-0.3, -0.25) is 9.59 Å². The number of hydrogen-bond donors (Lipinski definition) is 1. The maximum atomic E-state index is 12.6. The Hall–Kier alpha value is -2.62. The number of aliphatic carboxylic acids is 1. The van der Waals surface area contributed by atoms with Crippen molar-refractivity contribution in [2.45, 2.75) is 180 Å². The summed E-state index contributed by atoms with van der Waals surface area (Å²) in [5.41, 5.74) is 0. The second-order valence-electron chi connectivity index (χ2n) is 12.4. The van der Waals surface area contributed by atoms with Crippen LogP contribution in [0.1, 0.15) is 174 Å². The van der Waals surface area contributed by atoms with Crippen LogP contribution in [-0.4, -0.2) is 23.1 Å². The van der Waals surface area contributed by atoms with Crippen LogP contribution in [-0.2, 0) is 14.3 Å². The van der Waals surface area contributed by atoms with Crippen LogP contribution in [0.4, 0.5) is 0 Å². The molecule has 1 unspecified atom stereocenters. The lowest BCUT2D eigenvalue weighted by molar-refractivity contribution is -0.150. The average Bonchev–Trinajstić information content (AvgIpc) is 3.04. The molecule has 0 radical (unpaired) electrons. The normalized spacial score (nSPS) is 13.1. The van der Waals surface area contributed by atoms with Gasteiger partial charge in [0, 0.05) is 12.8 Å². The zero-order valence-electron chi connectivity index (χ0n) is 29.9. The maximum absolute atomic E-state index is 12.6. The quantitative estimate of drug-likeness (QED) is 0.0441. The van der Waals surface area contributed by atoms with E-state index in [1.165, 1.54) is 38.5 Å². The molecule has 0 aliphatic rings. The van der Waals surface area contributed by atoms with Crippen molar-refractivity contribution in [3.8, 4) is 0 Å². The van der Waals surface area contributed by atoms with Crippen molar-refractivity contribution in [2.24, 2.45) is 0 Å². The molecule has 0 aromatic rings. The zero-order chi connectivity index (χ0) is 33.6. The van der Waals surface area contributed by atoms with Crippen LogP contribution in [0.15, 0.2) is 72.9 Å². The van der Waals surface area contributed by atoms with Gasteiger partial charge in [-0.15, -0.1) is 0 Å². The van der Waals surface area contributed by atoms with Crippen molar-refractivity contribution < 1.29 is 19.4 Å². The fourth-order valence-electron chi connectivity index (χ4n) is 5.19. The summed E-state index contributed by atoms with van der Waals surface area (Å²) in [5.74, 6) is -0.754. The number of ether oxygens (including phenoxy) is 1. The van der Waals surface area contributed by atoms with Gasteiger partial charge in [0.25, 0.3) is 0 Å². The molecule has 0 fully saturated rings. The highest BCUT2D eigenvalue weighted by Crippen LogP contribution is 2.18. The van der Waals surface area contributed by atoms with Crippen LogP contribution >= 0.6 is 0 Å². The minimum atomic E-state index is -0.709. The van der Waals surface area contributed by atoms with E-state index < -0.39 is 5.97 Å². The van der Waals surface area contributed by atoms with Gasteiger partial charge in [-0.2, -0.15) is 0 Å². The van der Waals surface area contributed by atoms with Gasteiger partial charge in [-0.05, 0) is 89.9 Å². The molecule has 1 atom stereocenters. The number of hydrogen-bond acceptors (Lipinski definition) is 3. The number of allylic oxidation sites excluding steroid dienone is 12. The molecule has 0 aliphatic heterocycles. The molecule has 0 bridgehead atoms. The van der Waals surface area contributed by atoms with Gasteiger partial charge in [-0.25, -0.2) is 0 Å². The van der Waals surface area contributed by atoms with Gasteiger partial charge in [0.2, 0.25) is 0 Å². The molecule has 0 saturated carbocycles. The summed E-state index contributed by atoms with van der Waals surface area (Å²) in [6.45, 7) is 4.40. The van der Waals surface area contributed by atoms with Gasteiger partial charge in [-0.1, -0.05) is 145 Å². The second kappa shape index (κ2) is 36.8. The lowest BCUT2D eigenvalue weighted by Crippen LogP contribution is -2.18. The van der Waals surface area contributed by atoms with Crippen LogP contribution in [0.5, 0.6) is 0 Å². The lowest BCUT2D eigenvalue weighted by atomic mass is 10.0. The first-order valence-corrected chi connectivity index (χ1v) is 18.9. The van der Waals surface area contributed by atoms with Crippen LogP contribution < -0.4 is 0 Å². The maximum Gasteiger partial charge on any atom is 0.306 e. The second-order valence-corrected chi connectivity index (χ2v) is 12.4. The van der Waals surface area contributed by atoms with E-state index in [0.717, 1.165) is 109 Å². The molecular formula is C42H70O4. The first-order chi connectivity index (χ1) is 22.6. The van der Waals surface area contributed by atoms with Crippen LogP contribution in [0.3, 0.4) is 0 Å². The number of unbranched alkanes of at least 4 members (excludes halogenated alkanes) is 12. The number of carbonyl (C=O) groups is 2. The minimum Gasteiger partial charge on any atom is -0.481 e. The highest BCUT2D eigenvalue weighted by atomic mass is 16.5. The summed E-state index contributed by atoms with van der Waals surface area (Å²) in [7, 11) is 0. The zero-order valence-corrected chi connectivity index (χ0v) is 29.9. The Morgan fingerprint density at radius 1 is 0.500 bits per heavy atom. The fourth-order valence-corrected chi connectivity index (χ4v) is 5.19. The minimum absolute atomic E-state index is 0.0329. The number of esters is 1. The van der Waals surface area contributed by atoms with Gasteiger partial charge in [0.1, 0.15) is 6.10 Å². The molecule has 0 amide bonds. The Kier molecular flexibility index (Phi) is 34.7. The molecule has 0 aromatic heterocycles. The standard InChI is InChI=1S/C42H70O4/c1-3-5-7-9-11-12-13-14-15-16-17-18-19-20-21-22-23-24-26-31-35-39-42(45)46-40(36-32-28-25-10-8-6-4-2)37-33-29-27-30-34-38-41(43)44/h5,7,11-12,14-15,17-18,20-21,23-24,40H,3-4,6,8-10,13,16,19,22,25-39H2,1-2H3,(H,43,44)/b7-5-,12-11-,15-14-,18-17-,21-20-,24-23-. The van der Waals surface area contributed by atoms with Crippen LogP contribution in [0.25, 0.3) is 0 Å². The SMILES string of the molecule is CC/C=C\C/C=C\C/C=C\C/C=C\C/C=C\C/C=C\CCCCC(=O)OC(CCCCCCCCC)CCCCCCCC(=O)O. The van der Waals surface area contributed by atoms with Crippen molar-refractivity contribution in [3.63, 3.8) is 0 Å². The molecule has 0 aliphatic carbocycles. The number of carbonyl (C=O) groups excluding carboxylic acids is 1. The Labute approximate surface area is 284 Å². The van der Waals surface area contributed by atoms with Gasteiger partial charge >= 0.3 is 11.9 Å². The number of carboxylic acid groups (broad SMARTS) is 1. The van der Waals surface area contributed by atoms with Crippen LogP contribution in [0.2, 0.25) is 0 Å². The summed E-state index contributed by atoms with van der Waals surface area (Å²) in [6.07, 6.45) is 52.0. The van der Waals surface area contributed by atoms with Crippen molar-refractivity contribution >= 4 is 11.9 Å². The molecule has 1 N–H and O–H groups in total. The van der Waals surface area contributed by atoms with Crippen molar-refractivity contribution in [1.29, 1.82) is 0 Å². The average molecular weight is 639 g/mol. The van der Waals surface area contributed by atoms with E-state index in [1.807, 2.05) is 0 Å². The Morgan fingerprint density at radius 3 is 1.39 bits per heavy atom. The molecule has 4 heteroatoms. The molecule has 0 heterocycles. The number of rotatable bonds is 33. The summed E-state index contributed by atoms with van der Waals surface area (Å²) >= 11 is 0. The summed E-state index contributed by atoms with van der Waals surface area (Å²) in [4.78, 5) is 23.3. The van der Waals surface area contributed by atoms with Crippen molar-refractivity contribution in [3.05, 3.63) is 72.9 Å². The first kappa shape index (κ1) is 43.4. The molecule has 0 saturated heterocycles. The molecule has 0 spiro atoms. The van der Waals surface area contributed by atoms with E-state index >= 15 is 0 Å². The van der Waals surface area contributed by atoms with Gasteiger partial charge < -0.3 is 9.84 Å². The Bertz CT molecular complexity index is 861. The summed E-state index contributed by atoms with van der Waals surface area (Å²) in [6, 6.07) is 0. The van der Waals surface area contributed by atoms with E-state index in [-0.39, 0.29) is 18.5 Å². The van der Waals surface area contributed by atoms with Gasteiger partial charge in [0.05, 0.1) is 0 Å². The third-order valence-corrected chi connectivity index (χ3v) is 7.94. The summed E-state index contributed by atoms with van der Waals surface area (Å²) in [5, 5.41) is 8.79. The molecule has 0 aromatic carbocycles. The third kappa shape index (κ3) is 35.9. The van der Waals surface area contributed by atoms with Gasteiger partial charge in [0.15, 0.2) is 0 Å². The van der Waals surface area contributed by atoms with Crippen LogP contribution in [0, 0.1) is 0 Å². The van der Waals surface area contributed by atoms with E-state index in [2.05, 4.69) is 86.8 Å². The van der Waals surface area contributed by atoms with Crippen molar-refractivity contribution in [2.75, 3.05) is 0 Å². The predicted octanol–water partition coefficient (Wildman–Crippen LogP) is 13.1. The topological polar surface area (TPSA) is 63.6 Å². The largest absolute Gasteiger partial charge is 0.481 e. The number of carboxylic acids is 1. The van der Waals surface area contributed by atoms with E-state index in [1.54, 1.807) is 0 Å². The highest BCUT2D eigenvalue weighted by Gasteiger charge is 2.14. The lowest BCUT2D eigenvalue weighted by Gasteiger charge is -2.18. The molecular weight excluding hydrogens is 568 g/mol. The van der Waals surface area contributed by atoms with E-state index in [0.29, 0.717) is 6.42 Å². The molecule has 4 nitrogen and oxygen atoms in total. The predicted molar refractivity (Wildman–Crippen MR) is 199 cm³/mol. The molecule has 46 heavy (non-hydrogen) atoms. The fraction of sp³-hybridized carbons (Fsp3) is 0.667.